The molecule has 0 bridgehead atoms. The summed E-state index contributed by atoms with van der Waals surface area (Å²) in [6.45, 7) is 0. The minimum absolute atomic E-state index is 0.0151. The first-order valence-corrected chi connectivity index (χ1v) is 11.7. The minimum atomic E-state index is -4.16. The highest BCUT2D eigenvalue weighted by molar-refractivity contribution is 7.91. The molecule has 0 aliphatic carbocycles. The van der Waals surface area contributed by atoms with Crippen LogP contribution in [-0.4, -0.2) is 34.0 Å². The van der Waals surface area contributed by atoms with Gasteiger partial charge in [-0.05, 0) is 48.5 Å². The van der Waals surface area contributed by atoms with Gasteiger partial charge in [0, 0.05) is 17.6 Å². The third-order valence-corrected chi connectivity index (χ3v) is 7.35. The van der Waals surface area contributed by atoms with Crippen molar-refractivity contribution in [3.63, 3.8) is 0 Å². The number of halogens is 1. The van der Waals surface area contributed by atoms with Gasteiger partial charge in [0.05, 0.1) is 9.79 Å². The Morgan fingerprint density at radius 2 is 1.24 bits per heavy atom. The van der Waals surface area contributed by atoms with Gasteiger partial charge in [-0.25, -0.2) is 8.42 Å². The third-order valence-electron chi connectivity index (χ3n) is 4.05. The fourth-order valence-corrected chi connectivity index (χ4v) is 4.95. The maximum Gasteiger partial charge on any atom is 0.284 e. The average molecular weight is 449 g/mol. The molecular weight excluding hydrogens is 432 g/mol. The molecule has 0 spiro atoms. The smallest absolute Gasteiger partial charge is 0.252 e. The molecule has 0 aliphatic heterocycles. The van der Waals surface area contributed by atoms with Gasteiger partial charge in [0.1, 0.15) is 0 Å². The molecule has 9 heteroatoms. The first-order valence-electron chi connectivity index (χ1n) is 8.42. The van der Waals surface area contributed by atoms with Crippen LogP contribution in [0, 0.1) is 0 Å². The lowest BCUT2D eigenvalue weighted by atomic mass is 10.2. The van der Waals surface area contributed by atoms with Crippen LogP contribution in [0.25, 0.3) is 0 Å². The first kappa shape index (κ1) is 21.0. The molecule has 0 heterocycles. The fourth-order valence-electron chi connectivity index (χ4n) is 2.51. The van der Waals surface area contributed by atoms with Crippen molar-refractivity contribution in [2.45, 2.75) is 9.79 Å². The second-order valence-corrected chi connectivity index (χ2v) is 10.0. The van der Waals surface area contributed by atoms with Crippen molar-refractivity contribution < 1.29 is 16.8 Å². The molecule has 0 aromatic heterocycles. The molecule has 6 nitrogen and oxygen atoms in total. The van der Waals surface area contributed by atoms with E-state index in [4.69, 9.17) is 11.6 Å². The van der Waals surface area contributed by atoms with E-state index in [-0.39, 0.29) is 21.2 Å². The Labute approximate surface area is 175 Å². The van der Waals surface area contributed by atoms with Crippen LogP contribution in [0.4, 0.5) is 0 Å². The summed E-state index contributed by atoms with van der Waals surface area (Å²) in [5.41, 5.74) is 0.288. The van der Waals surface area contributed by atoms with Crippen LogP contribution in [0.3, 0.4) is 0 Å². The van der Waals surface area contributed by atoms with Gasteiger partial charge in [0.15, 0.2) is 5.84 Å². The predicted molar refractivity (Wildman–Crippen MR) is 113 cm³/mol. The van der Waals surface area contributed by atoms with E-state index in [1.54, 1.807) is 36.4 Å². The summed E-state index contributed by atoms with van der Waals surface area (Å²) >= 11 is 5.92. The fraction of sp³-hybridized carbons (Fsp3) is 0.0500. The molecule has 0 radical (unpaired) electrons. The van der Waals surface area contributed by atoms with Gasteiger partial charge in [-0.2, -0.15) is 8.42 Å². The van der Waals surface area contributed by atoms with Crippen molar-refractivity contribution in [3.05, 3.63) is 95.5 Å². The van der Waals surface area contributed by atoms with Crippen LogP contribution in [0.15, 0.2) is 99.1 Å². The molecule has 0 saturated heterocycles. The highest BCUT2D eigenvalue weighted by atomic mass is 35.5. The van der Waals surface area contributed by atoms with E-state index in [9.17, 15) is 16.8 Å². The summed E-state index contributed by atoms with van der Waals surface area (Å²) in [6, 6.07) is 21.4. The van der Waals surface area contributed by atoms with E-state index in [2.05, 4.69) is 4.40 Å². The van der Waals surface area contributed by atoms with E-state index >= 15 is 0 Å². The topological polar surface area (TPSA) is 83.9 Å². The van der Waals surface area contributed by atoms with Crippen LogP contribution in [0.2, 0.25) is 5.02 Å². The highest BCUT2D eigenvalue weighted by Crippen LogP contribution is 2.21. The maximum absolute atomic E-state index is 13.1. The van der Waals surface area contributed by atoms with Gasteiger partial charge in [-0.3, -0.25) is 4.31 Å². The van der Waals surface area contributed by atoms with Crippen molar-refractivity contribution in [2.24, 2.45) is 4.40 Å². The number of hydrogen-bond donors (Lipinski definition) is 0. The van der Waals surface area contributed by atoms with Gasteiger partial charge in [-0.15, -0.1) is 4.40 Å². The lowest BCUT2D eigenvalue weighted by Gasteiger charge is -2.21. The molecule has 0 amide bonds. The highest BCUT2D eigenvalue weighted by Gasteiger charge is 2.27. The minimum Gasteiger partial charge on any atom is -0.252 e. The lowest BCUT2D eigenvalue weighted by Crippen LogP contribution is -2.34. The molecule has 3 aromatic rings. The monoisotopic (exact) mass is 448 g/mol. The Morgan fingerprint density at radius 1 is 0.759 bits per heavy atom. The van der Waals surface area contributed by atoms with Gasteiger partial charge in [-0.1, -0.05) is 48.0 Å². The van der Waals surface area contributed by atoms with Crippen LogP contribution in [0.5, 0.6) is 0 Å². The number of rotatable bonds is 5. The summed E-state index contributed by atoms with van der Waals surface area (Å²) in [7, 11) is -6.94. The molecule has 0 aliphatic rings. The zero-order valence-electron chi connectivity index (χ0n) is 15.3. The quantitative estimate of drug-likeness (QED) is 0.439. The van der Waals surface area contributed by atoms with Crippen LogP contribution < -0.4 is 0 Å². The SMILES string of the molecule is CN(/C(=N/S(=O)(=O)c1ccccc1)c1ccc(Cl)cc1)S(=O)(=O)c1ccccc1. The van der Waals surface area contributed by atoms with E-state index in [0.717, 1.165) is 4.31 Å². The van der Waals surface area contributed by atoms with E-state index < -0.39 is 20.0 Å². The summed E-state index contributed by atoms with van der Waals surface area (Å²) in [4.78, 5) is -0.0294. The Kier molecular flexibility index (Phi) is 6.07. The van der Waals surface area contributed by atoms with Gasteiger partial charge >= 0.3 is 0 Å². The molecule has 0 saturated carbocycles. The summed E-state index contributed by atoms with van der Waals surface area (Å²) in [5.74, 6) is -0.241. The van der Waals surface area contributed by atoms with Crippen molar-refractivity contribution >= 4 is 37.5 Å². The van der Waals surface area contributed by atoms with Crippen LogP contribution >= 0.6 is 11.6 Å². The molecule has 3 aromatic carbocycles. The molecular formula is C20H17ClN2O4S2. The van der Waals surface area contributed by atoms with E-state index in [1.165, 1.54) is 55.6 Å². The molecule has 3 rings (SSSR count). The van der Waals surface area contributed by atoms with Gasteiger partial charge in [0.25, 0.3) is 20.0 Å². The molecule has 0 atom stereocenters. The zero-order valence-corrected chi connectivity index (χ0v) is 17.7. The molecule has 0 unspecified atom stereocenters. The Morgan fingerprint density at radius 3 is 1.76 bits per heavy atom. The average Bonchev–Trinajstić information content (AvgIpc) is 2.73. The standard InChI is InChI=1S/C20H17ClN2O4S2/c1-23(29(26,27)19-10-6-3-7-11-19)20(16-12-14-17(21)15-13-16)22-28(24,25)18-8-4-2-5-9-18/h2-15H,1H3/b22-20+. The number of nitrogens with zero attached hydrogens (tertiary/aromatic N) is 2. The third kappa shape index (κ3) is 4.67. The van der Waals surface area contributed by atoms with E-state index in [1.807, 2.05) is 0 Å². The number of amidine groups is 1. The molecule has 0 N–H and O–H groups in total. The van der Waals surface area contributed by atoms with Gasteiger partial charge < -0.3 is 0 Å². The van der Waals surface area contributed by atoms with Crippen molar-refractivity contribution in [1.29, 1.82) is 0 Å². The molecule has 150 valence electrons. The second-order valence-electron chi connectivity index (χ2n) is 6.00. The van der Waals surface area contributed by atoms with Gasteiger partial charge in [0.2, 0.25) is 0 Å². The van der Waals surface area contributed by atoms with Crippen LogP contribution in [0.1, 0.15) is 5.56 Å². The Bertz CT molecular complexity index is 1230. The van der Waals surface area contributed by atoms with Crippen molar-refractivity contribution in [1.82, 2.24) is 4.31 Å². The largest absolute Gasteiger partial charge is 0.284 e. The van der Waals surface area contributed by atoms with E-state index in [0.29, 0.717) is 5.02 Å². The molecule has 0 fully saturated rings. The van der Waals surface area contributed by atoms with Crippen molar-refractivity contribution in [3.8, 4) is 0 Å². The zero-order chi connectivity index (χ0) is 21.1. The van der Waals surface area contributed by atoms with Crippen LogP contribution in [-0.2, 0) is 20.0 Å². The summed E-state index contributed by atoms with van der Waals surface area (Å²) in [6.07, 6.45) is 0. The Balaban J connectivity index is 2.18. The first-order chi connectivity index (χ1) is 13.7. The lowest BCUT2D eigenvalue weighted by molar-refractivity contribution is 0.552. The predicted octanol–water partition coefficient (Wildman–Crippen LogP) is 3.80. The second kappa shape index (κ2) is 8.36. The summed E-state index contributed by atoms with van der Waals surface area (Å²) in [5, 5.41) is 0.424. The number of sulfonamides is 2. The summed E-state index contributed by atoms with van der Waals surface area (Å²) < 4.78 is 56.5. The Hall–Kier alpha value is -2.68. The normalized spacial score (nSPS) is 12.6. The molecule has 29 heavy (non-hydrogen) atoms. The van der Waals surface area contributed by atoms with Crippen molar-refractivity contribution in [2.75, 3.05) is 7.05 Å². The number of hydrogen-bond acceptors (Lipinski definition) is 4. The number of benzene rings is 3. The maximum atomic E-state index is 13.1.